The van der Waals surface area contributed by atoms with Crippen molar-refractivity contribution >= 4 is 30.6 Å². The van der Waals surface area contributed by atoms with Crippen LogP contribution in [0.25, 0.3) is 22.2 Å². The third-order valence-corrected chi connectivity index (χ3v) is 4.97. The molecule has 0 aliphatic heterocycles. The lowest BCUT2D eigenvalue weighted by Gasteiger charge is -2.12. The Balaban J connectivity index is 2.23. The first kappa shape index (κ1) is 17.5. The molecule has 130 valence electrons. The van der Waals surface area contributed by atoms with E-state index in [-0.39, 0.29) is 16.2 Å². The number of hydrogen-bond donors (Lipinski definition) is 0. The molecule has 0 N–H and O–H groups in total. The van der Waals surface area contributed by atoms with E-state index >= 15 is 0 Å². The minimum atomic E-state index is -3.90. The monoisotopic (exact) mass is 384 g/mol. The van der Waals surface area contributed by atoms with Gasteiger partial charge in [0, 0.05) is 27.2 Å². The zero-order valence-corrected chi connectivity index (χ0v) is 14.4. The highest BCUT2D eigenvalue weighted by atomic mass is 35.7. The first-order valence-electron chi connectivity index (χ1n) is 6.97. The second-order valence-electron chi connectivity index (χ2n) is 5.10. The fourth-order valence-electron chi connectivity index (χ4n) is 2.44. The third-order valence-electron chi connectivity index (χ3n) is 3.62. The van der Waals surface area contributed by atoms with Crippen LogP contribution in [-0.2, 0) is 9.05 Å². The molecule has 3 rings (SSSR count). The summed E-state index contributed by atoms with van der Waals surface area (Å²) in [6.45, 7) is 0. The van der Waals surface area contributed by atoms with E-state index in [2.05, 4.69) is 9.97 Å². The summed E-state index contributed by atoms with van der Waals surface area (Å²) >= 11 is 0. The van der Waals surface area contributed by atoms with Crippen molar-refractivity contribution in [3.63, 3.8) is 0 Å². The highest BCUT2D eigenvalue weighted by molar-refractivity contribution is 8.13. The zero-order valence-electron chi connectivity index (χ0n) is 12.8. The Morgan fingerprint density at radius 1 is 1.12 bits per heavy atom. The summed E-state index contributed by atoms with van der Waals surface area (Å²) in [5, 5.41) is 0.537. The molecule has 0 fully saturated rings. The summed E-state index contributed by atoms with van der Waals surface area (Å²) in [5.41, 5.74) is 1.10. The van der Waals surface area contributed by atoms with Gasteiger partial charge in [-0.1, -0.05) is 6.07 Å². The molecule has 0 unspecified atom stereocenters. The number of rotatable bonds is 4. The van der Waals surface area contributed by atoms with Gasteiger partial charge in [0.25, 0.3) is 15.5 Å². The average molecular weight is 385 g/mol. The van der Waals surface area contributed by atoms with Gasteiger partial charge in [0.15, 0.2) is 0 Å². The maximum absolute atomic E-state index is 12.9. The van der Waals surface area contributed by atoms with Crippen molar-refractivity contribution in [2.45, 2.75) is 11.3 Å². The summed E-state index contributed by atoms with van der Waals surface area (Å²) in [6.07, 6.45) is -1.37. The molecule has 9 heteroatoms. The molecule has 0 radical (unpaired) electrons. The number of alkyl halides is 2. The number of ether oxygens (including phenoxy) is 1. The van der Waals surface area contributed by atoms with E-state index in [1.165, 1.54) is 49.8 Å². The Morgan fingerprint density at radius 3 is 2.52 bits per heavy atom. The number of benzene rings is 2. The highest BCUT2D eigenvalue weighted by Gasteiger charge is 2.17. The molecular formula is C16H11ClF2N2O3S. The number of aromatic nitrogens is 2. The van der Waals surface area contributed by atoms with Crippen molar-refractivity contribution < 1.29 is 21.9 Å². The van der Waals surface area contributed by atoms with Crippen molar-refractivity contribution in [3.8, 4) is 17.0 Å². The van der Waals surface area contributed by atoms with Gasteiger partial charge >= 0.3 is 0 Å². The smallest absolute Gasteiger partial charge is 0.263 e. The lowest BCUT2D eigenvalue weighted by Crippen LogP contribution is -1.96. The van der Waals surface area contributed by atoms with E-state index < -0.39 is 15.5 Å². The first-order valence-corrected chi connectivity index (χ1v) is 9.28. The molecular weight excluding hydrogens is 374 g/mol. The molecule has 0 saturated heterocycles. The van der Waals surface area contributed by atoms with Gasteiger partial charge in [-0.05, 0) is 30.3 Å². The van der Waals surface area contributed by atoms with E-state index in [1.807, 2.05) is 0 Å². The number of methoxy groups -OCH3 is 1. The summed E-state index contributed by atoms with van der Waals surface area (Å²) in [7, 11) is 2.82. The molecule has 0 bridgehead atoms. The van der Waals surface area contributed by atoms with Crippen LogP contribution in [0.1, 0.15) is 12.0 Å². The maximum Gasteiger partial charge on any atom is 0.263 e. The second kappa shape index (κ2) is 6.53. The minimum Gasteiger partial charge on any atom is -0.496 e. The van der Waals surface area contributed by atoms with Gasteiger partial charge in [-0.15, -0.1) is 0 Å². The molecule has 25 heavy (non-hydrogen) atoms. The molecule has 5 nitrogen and oxygen atoms in total. The van der Waals surface area contributed by atoms with E-state index in [9.17, 15) is 17.2 Å². The normalized spacial score (nSPS) is 11.9. The SMILES string of the molecule is COc1cc(C(F)F)ccc1-c1ncnc2cc(S(=O)(=O)Cl)ccc12. The second-order valence-corrected chi connectivity index (χ2v) is 7.67. The lowest BCUT2D eigenvalue weighted by atomic mass is 10.0. The van der Waals surface area contributed by atoms with Gasteiger partial charge in [0.05, 0.1) is 23.2 Å². The van der Waals surface area contributed by atoms with Crippen LogP contribution in [0.5, 0.6) is 5.75 Å². The van der Waals surface area contributed by atoms with E-state index in [0.717, 1.165) is 0 Å². The standard InChI is InChI=1S/C16H11ClF2N2O3S/c1-24-14-6-9(16(18)19)2-4-12(14)15-11-5-3-10(25(17,22)23)7-13(11)20-8-21-15/h2-8,16H,1H3. The van der Waals surface area contributed by atoms with Crippen LogP contribution < -0.4 is 4.74 Å². The van der Waals surface area contributed by atoms with E-state index in [1.54, 1.807) is 0 Å². The van der Waals surface area contributed by atoms with Crippen LogP contribution in [0.4, 0.5) is 8.78 Å². The number of nitrogens with zero attached hydrogens (tertiary/aromatic N) is 2. The lowest BCUT2D eigenvalue weighted by molar-refractivity contribution is 0.151. The largest absolute Gasteiger partial charge is 0.496 e. The molecule has 0 amide bonds. The van der Waals surface area contributed by atoms with Crippen molar-refractivity contribution in [2.75, 3.05) is 7.11 Å². The summed E-state index contributed by atoms with van der Waals surface area (Å²) in [6, 6.07) is 8.18. The molecule has 2 aromatic carbocycles. The summed E-state index contributed by atoms with van der Waals surface area (Å²) < 4.78 is 53.9. The molecule has 0 aliphatic rings. The van der Waals surface area contributed by atoms with Crippen molar-refractivity contribution in [1.29, 1.82) is 0 Å². The van der Waals surface area contributed by atoms with Gasteiger partial charge in [-0.25, -0.2) is 27.2 Å². The van der Waals surface area contributed by atoms with Crippen LogP contribution in [-0.4, -0.2) is 25.5 Å². The van der Waals surface area contributed by atoms with E-state index in [0.29, 0.717) is 22.2 Å². The molecule has 0 atom stereocenters. The Bertz CT molecular complexity index is 1060. The Hall–Kier alpha value is -2.32. The Kier molecular flexibility index (Phi) is 4.57. The van der Waals surface area contributed by atoms with E-state index in [4.69, 9.17) is 15.4 Å². The number of fused-ring (bicyclic) bond motifs is 1. The van der Waals surface area contributed by atoms with Crippen LogP contribution in [0.15, 0.2) is 47.6 Å². The maximum atomic E-state index is 12.9. The third kappa shape index (κ3) is 3.40. The average Bonchev–Trinajstić information content (AvgIpc) is 2.59. The zero-order chi connectivity index (χ0) is 18.2. The number of halogens is 3. The Morgan fingerprint density at radius 2 is 1.88 bits per heavy atom. The fourth-order valence-corrected chi connectivity index (χ4v) is 3.21. The fraction of sp³-hybridized carbons (Fsp3) is 0.125. The number of hydrogen-bond acceptors (Lipinski definition) is 5. The molecule has 1 aromatic heterocycles. The van der Waals surface area contributed by atoms with Gasteiger partial charge in [0.2, 0.25) is 0 Å². The molecule has 0 aliphatic carbocycles. The van der Waals surface area contributed by atoms with Crippen LogP contribution in [0, 0.1) is 0 Å². The van der Waals surface area contributed by atoms with Crippen LogP contribution >= 0.6 is 10.7 Å². The highest BCUT2D eigenvalue weighted by Crippen LogP contribution is 2.36. The minimum absolute atomic E-state index is 0.0914. The van der Waals surface area contributed by atoms with Gasteiger partial charge in [0.1, 0.15) is 12.1 Å². The van der Waals surface area contributed by atoms with Gasteiger partial charge < -0.3 is 4.74 Å². The van der Waals surface area contributed by atoms with Crippen molar-refractivity contribution in [1.82, 2.24) is 9.97 Å². The quantitative estimate of drug-likeness (QED) is 0.631. The molecule has 0 saturated carbocycles. The van der Waals surface area contributed by atoms with Crippen molar-refractivity contribution in [3.05, 3.63) is 48.3 Å². The van der Waals surface area contributed by atoms with Crippen LogP contribution in [0.3, 0.4) is 0 Å². The predicted octanol–water partition coefficient (Wildman–Crippen LogP) is 4.17. The molecule has 3 aromatic rings. The van der Waals surface area contributed by atoms with Crippen LogP contribution in [0.2, 0.25) is 0 Å². The van der Waals surface area contributed by atoms with Gasteiger partial charge in [-0.2, -0.15) is 0 Å². The topological polar surface area (TPSA) is 69.2 Å². The Labute approximate surface area is 146 Å². The van der Waals surface area contributed by atoms with Gasteiger partial charge in [-0.3, -0.25) is 0 Å². The summed E-state index contributed by atoms with van der Waals surface area (Å²) in [5.74, 6) is 0.229. The van der Waals surface area contributed by atoms with Crippen molar-refractivity contribution in [2.24, 2.45) is 0 Å². The first-order chi connectivity index (χ1) is 11.8. The predicted molar refractivity (Wildman–Crippen MR) is 89.5 cm³/mol. The summed E-state index contributed by atoms with van der Waals surface area (Å²) in [4.78, 5) is 8.15. The molecule has 0 spiro atoms. The molecule has 1 heterocycles.